The molecule has 0 saturated carbocycles. The van der Waals surface area contributed by atoms with Crippen LogP contribution >= 0.6 is 11.8 Å². The Labute approximate surface area is 90.0 Å². The van der Waals surface area contributed by atoms with E-state index in [0.717, 1.165) is 19.0 Å². The van der Waals surface area contributed by atoms with Gasteiger partial charge in [-0.15, -0.1) is 0 Å². The molecule has 3 nitrogen and oxygen atoms in total. The van der Waals surface area contributed by atoms with Crippen LogP contribution in [0, 0.1) is 0 Å². The number of nitrogens with one attached hydrogen (secondary N) is 1. The average Bonchev–Trinajstić information content (AvgIpc) is 2.15. The quantitative estimate of drug-likeness (QED) is 0.459. The summed E-state index contributed by atoms with van der Waals surface area (Å²) >= 11 is 1.88. The van der Waals surface area contributed by atoms with Crippen LogP contribution < -0.4 is 5.32 Å². The van der Waals surface area contributed by atoms with Gasteiger partial charge in [-0.2, -0.15) is 11.8 Å². The van der Waals surface area contributed by atoms with Crippen molar-refractivity contribution in [2.75, 3.05) is 18.6 Å². The van der Waals surface area contributed by atoms with Gasteiger partial charge in [0.1, 0.15) is 0 Å². The van der Waals surface area contributed by atoms with Crippen LogP contribution in [0.15, 0.2) is 12.3 Å². The number of unbranched alkanes of at least 4 members (excludes halogenated alkanes) is 3. The molecule has 0 spiro atoms. The van der Waals surface area contributed by atoms with E-state index in [1.165, 1.54) is 31.2 Å². The molecule has 82 valence electrons. The van der Waals surface area contributed by atoms with Gasteiger partial charge in [0.2, 0.25) is 0 Å². The van der Waals surface area contributed by atoms with Gasteiger partial charge < -0.3 is 10.4 Å². The number of rotatable bonds is 9. The van der Waals surface area contributed by atoms with E-state index in [2.05, 4.69) is 11.6 Å². The lowest BCUT2D eigenvalue weighted by molar-refractivity contribution is -0.131. The largest absolute Gasteiger partial charge is 0.478 e. The third kappa shape index (κ3) is 11.4. The van der Waals surface area contributed by atoms with Gasteiger partial charge in [0.25, 0.3) is 0 Å². The molecular formula is C10H19NO2S. The van der Waals surface area contributed by atoms with E-state index >= 15 is 0 Å². The summed E-state index contributed by atoms with van der Waals surface area (Å²) in [7, 11) is 0. The van der Waals surface area contributed by atoms with Crippen molar-refractivity contribution < 1.29 is 9.90 Å². The molecule has 0 aromatic rings. The molecule has 0 bridgehead atoms. The minimum Gasteiger partial charge on any atom is -0.478 e. The highest BCUT2D eigenvalue weighted by Crippen LogP contribution is 2.03. The van der Waals surface area contributed by atoms with Gasteiger partial charge >= 0.3 is 5.97 Å². The van der Waals surface area contributed by atoms with Crippen molar-refractivity contribution in [1.29, 1.82) is 0 Å². The molecule has 4 heteroatoms. The summed E-state index contributed by atoms with van der Waals surface area (Å²) in [5.74, 6) is 0.337. The Bertz CT molecular complexity index is 172. The molecule has 0 saturated heterocycles. The molecule has 0 heterocycles. The van der Waals surface area contributed by atoms with Crippen molar-refractivity contribution in [3.05, 3.63) is 12.3 Å². The summed E-state index contributed by atoms with van der Waals surface area (Å²) in [6, 6.07) is 0. The monoisotopic (exact) mass is 217 g/mol. The number of carbonyl (C=O) groups is 1. The first-order valence-electron chi connectivity index (χ1n) is 4.89. The first-order valence-corrected chi connectivity index (χ1v) is 6.28. The Morgan fingerprint density at radius 1 is 1.36 bits per heavy atom. The average molecular weight is 217 g/mol. The van der Waals surface area contributed by atoms with Gasteiger partial charge in [-0.1, -0.05) is 12.8 Å². The number of hydrogen-bond acceptors (Lipinski definition) is 3. The fourth-order valence-electron chi connectivity index (χ4n) is 1.04. The molecule has 0 aliphatic rings. The van der Waals surface area contributed by atoms with Crippen LogP contribution in [0.4, 0.5) is 0 Å². The van der Waals surface area contributed by atoms with Gasteiger partial charge in [0.15, 0.2) is 0 Å². The number of carboxylic acid groups (broad SMARTS) is 1. The van der Waals surface area contributed by atoms with E-state index in [1.807, 2.05) is 11.8 Å². The molecule has 0 atom stereocenters. The second-order valence-electron chi connectivity index (χ2n) is 3.03. The zero-order chi connectivity index (χ0) is 10.6. The molecule has 0 radical (unpaired) electrons. The number of thioether (sulfide) groups is 1. The first-order chi connectivity index (χ1) is 6.77. The van der Waals surface area contributed by atoms with Crippen LogP contribution in [-0.4, -0.2) is 29.6 Å². The van der Waals surface area contributed by atoms with E-state index in [1.54, 1.807) is 0 Å². The summed E-state index contributed by atoms with van der Waals surface area (Å²) in [5.41, 5.74) is 0. The van der Waals surface area contributed by atoms with Crippen LogP contribution in [0.5, 0.6) is 0 Å². The molecule has 0 aliphatic heterocycles. The Hall–Kier alpha value is -0.640. The molecule has 14 heavy (non-hydrogen) atoms. The second-order valence-corrected chi connectivity index (χ2v) is 4.02. The van der Waals surface area contributed by atoms with Crippen molar-refractivity contribution in [3.8, 4) is 0 Å². The summed E-state index contributed by atoms with van der Waals surface area (Å²) in [6.07, 6.45) is 9.61. The second kappa shape index (κ2) is 10.4. The minimum atomic E-state index is -0.905. The molecule has 0 unspecified atom stereocenters. The maximum atomic E-state index is 10.1. The van der Waals surface area contributed by atoms with Crippen LogP contribution in [0.3, 0.4) is 0 Å². The lowest BCUT2D eigenvalue weighted by atomic mass is 10.2. The van der Waals surface area contributed by atoms with Crippen LogP contribution in [0.25, 0.3) is 0 Å². The lowest BCUT2D eigenvalue weighted by Crippen LogP contribution is -2.07. The lowest BCUT2D eigenvalue weighted by Gasteiger charge is -2.00. The molecule has 0 aromatic carbocycles. The smallest absolute Gasteiger partial charge is 0.329 e. The summed E-state index contributed by atoms with van der Waals surface area (Å²) in [5, 5.41) is 11.2. The van der Waals surface area contributed by atoms with Crippen molar-refractivity contribution in [3.63, 3.8) is 0 Å². The summed E-state index contributed by atoms with van der Waals surface area (Å²) < 4.78 is 0. The van der Waals surface area contributed by atoms with Crippen molar-refractivity contribution >= 4 is 17.7 Å². The molecule has 0 aromatic heterocycles. The Kier molecular flexibility index (Phi) is 9.96. The normalized spacial score (nSPS) is 10.6. The van der Waals surface area contributed by atoms with Crippen LogP contribution in [-0.2, 0) is 4.79 Å². The van der Waals surface area contributed by atoms with Gasteiger partial charge in [-0.3, -0.25) is 0 Å². The van der Waals surface area contributed by atoms with Crippen LogP contribution in [0.2, 0.25) is 0 Å². The maximum absolute atomic E-state index is 10.1. The Balaban J connectivity index is 3.02. The zero-order valence-corrected chi connectivity index (χ0v) is 9.48. The fourth-order valence-corrected chi connectivity index (χ4v) is 1.53. The topological polar surface area (TPSA) is 49.3 Å². The molecule has 0 aliphatic carbocycles. The van der Waals surface area contributed by atoms with E-state index < -0.39 is 5.97 Å². The zero-order valence-electron chi connectivity index (χ0n) is 8.66. The number of carboxylic acids is 1. The Morgan fingerprint density at radius 3 is 2.71 bits per heavy atom. The highest BCUT2D eigenvalue weighted by Gasteiger charge is 1.89. The van der Waals surface area contributed by atoms with E-state index in [9.17, 15) is 4.79 Å². The fraction of sp³-hybridized carbons (Fsp3) is 0.700. The minimum absolute atomic E-state index is 0.864. The van der Waals surface area contributed by atoms with Gasteiger partial charge in [0, 0.05) is 18.8 Å². The first kappa shape index (κ1) is 13.4. The highest BCUT2D eigenvalue weighted by molar-refractivity contribution is 7.98. The third-order valence-electron chi connectivity index (χ3n) is 1.76. The van der Waals surface area contributed by atoms with Crippen molar-refractivity contribution in [2.45, 2.75) is 25.7 Å². The molecule has 2 N–H and O–H groups in total. The maximum Gasteiger partial charge on any atom is 0.329 e. The van der Waals surface area contributed by atoms with E-state index in [4.69, 9.17) is 5.11 Å². The number of aliphatic carboxylic acids is 1. The van der Waals surface area contributed by atoms with E-state index in [-0.39, 0.29) is 0 Å². The van der Waals surface area contributed by atoms with Gasteiger partial charge in [-0.05, 0) is 24.9 Å². The summed E-state index contributed by atoms with van der Waals surface area (Å²) in [6.45, 7) is 0.864. The van der Waals surface area contributed by atoms with Gasteiger partial charge in [0.05, 0.1) is 0 Å². The Morgan fingerprint density at radius 2 is 2.07 bits per heavy atom. The van der Waals surface area contributed by atoms with Gasteiger partial charge in [-0.25, -0.2) is 4.79 Å². The third-order valence-corrected chi connectivity index (χ3v) is 2.46. The standard InChI is InChI=1S/C10H19NO2S/c1-14-9-5-3-2-4-7-11-8-6-10(12)13/h6,8,11H,2-5,7,9H2,1H3,(H,12,13)/b8-6+. The highest BCUT2D eigenvalue weighted by atomic mass is 32.2. The number of hydrogen-bond donors (Lipinski definition) is 2. The molecule has 0 rings (SSSR count). The molecular weight excluding hydrogens is 198 g/mol. The SMILES string of the molecule is CSCCCCCCN/C=C/C(=O)O. The predicted molar refractivity (Wildman–Crippen MR) is 61.6 cm³/mol. The van der Waals surface area contributed by atoms with Crippen molar-refractivity contribution in [2.24, 2.45) is 0 Å². The van der Waals surface area contributed by atoms with E-state index in [0.29, 0.717) is 0 Å². The van der Waals surface area contributed by atoms with Crippen molar-refractivity contribution in [1.82, 2.24) is 5.32 Å². The molecule has 0 amide bonds. The summed E-state index contributed by atoms with van der Waals surface area (Å²) in [4.78, 5) is 10.1. The predicted octanol–water partition coefficient (Wildman–Crippen LogP) is 2.10. The molecule has 0 fully saturated rings. The van der Waals surface area contributed by atoms with Crippen LogP contribution in [0.1, 0.15) is 25.7 Å².